The van der Waals surface area contributed by atoms with E-state index in [0.717, 1.165) is 0 Å². The Labute approximate surface area is 109 Å². The Hall–Kier alpha value is -1.34. The number of aromatic nitrogens is 1. The molecule has 1 aliphatic rings. The highest BCUT2D eigenvalue weighted by atomic mass is 19.4. The van der Waals surface area contributed by atoms with E-state index in [9.17, 15) is 13.2 Å². The van der Waals surface area contributed by atoms with Gasteiger partial charge in [-0.15, -0.1) is 0 Å². The summed E-state index contributed by atoms with van der Waals surface area (Å²) in [6.07, 6.45) is -3.08. The number of rotatable bonds is 3. The van der Waals surface area contributed by atoms with Crippen LogP contribution in [0.15, 0.2) is 18.3 Å². The molecule has 1 aromatic rings. The van der Waals surface area contributed by atoms with Gasteiger partial charge in [-0.25, -0.2) is 4.98 Å². The molecule has 0 radical (unpaired) electrons. The van der Waals surface area contributed by atoms with Crippen LogP contribution >= 0.6 is 0 Å². The topological polar surface area (TPSA) is 37.4 Å². The summed E-state index contributed by atoms with van der Waals surface area (Å²) in [5.41, 5.74) is 0.148. The standard InChI is InChI=1S/C12H16F3N3O/c1-19-10-3-2-9(8-17-10)11(12(13,14)15)18-6-4-16-5-7-18/h2-3,8,11,16H,4-7H2,1H3/t11-/m1/s1. The number of ether oxygens (including phenoxy) is 1. The second-order valence-electron chi connectivity index (χ2n) is 4.36. The number of hydrogen-bond donors (Lipinski definition) is 1. The van der Waals surface area contributed by atoms with Gasteiger partial charge >= 0.3 is 6.18 Å². The average molecular weight is 275 g/mol. The molecule has 0 unspecified atom stereocenters. The third-order valence-electron chi connectivity index (χ3n) is 3.11. The van der Waals surface area contributed by atoms with Crippen molar-refractivity contribution in [1.82, 2.24) is 15.2 Å². The van der Waals surface area contributed by atoms with Crippen molar-refractivity contribution in [2.75, 3.05) is 33.3 Å². The highest BCUT2D eigenvalue weighted by Crippen LogP contribution is 2.37. The van der Waals surface area contributed by atoms with Crippen molar-refractivity contribution in [3.8, 4) is 5.88 Å². The van der Waals surface area contributed by atoms with Gasteiger partial charge in [-0.05, 0) is 5.56 Å². The molecule has 1 N–H and O–H groups in total. The number of piperazine rings is 1. The molecular formula is C12H16F3N3O. The zero-order valence-electron chi connectivity index (χ0n) is 10.6. The molecule has 2 rings (SSSR count). The van der Waals surface area contributed by atoms with Crippen LogP contribution < -0.4 is 10.1 Å². The molecule has 1 atom stereocenters. The van der Waals surface area contributed by atoms with E-state index >= 15 is 0 Å². The highest BCUT2D eigenvalue weighted by molar-refractivity contribution is 5.22. The van der Waals surface area contributed by atoms with Crippen LogP contribution in [-0.4, -0.2) is 49.3 Å². The Kier molecular flexibility index (Phi) is 4.26. The zero-order valence-corrected chi connectivity index (χ0v) is 10.6. The predicted molar refractivity (Wildman–Crippen MR) is 64.0 cm³/mol. The van der Waals surface area contributed by atoms with E-state index in [1.165, 1.54) is 30.3 Å². The molecule has 106 valence electrons. The molecule has 2 heterocycles. The molecule has 19 heavy (non-hydrogen) atoms. The summed E-state index contributed by atoms with van der Waals surface area (Å²) in [5.74, 6) is 0.310. The van der Waals surface area contributed by atoms with Gasteiger partial charge in [0.25, 0.3) is 0 Å². The van der Waals surface area contributed by atoms with Crippen LogP contribution in [0, 0.1) is 0 Å². The maximum absolute atomic E-state index is 13.3. The maximum atomic E-state index is 13.3. The summed E-state index contributed by atoms with van der Waals surface area (Å²) >= 11 is 0. The fourth-order valence-corrected chi connectivity index (χ4v) is 2.22. The number of hydrogen-bond acceptors (Lipinski definition) is 4. The molecule has 0 aromatic carbocycles. The van der Waals surface area contributed by atoms with E-state index in [1.54, 1.807) is 0 Å². The van der Waals surface area contributed by atoms with Gasteiger partial charge in [0.05, 0.1) is 7.11 Å². The Morgan fingerprint density at radius 1 is 1.32 bits per heavy atom. The molecule has 1 saturated heterocycles. The molecule has 0 amide bonds. The number of nitrogens with one attached hydrogen (secondary N) is 1. The first kappa shape index (κ1) is 14.1. The number of halogens is 3. The van der Waals surface area contributed by atoms with Crippen molar-refractivity contribution in [3.05, 3.63) is 23.9 Å². The van der Waals surface area contributed by atoms with Gasteiger partial charge in [0.2, 0.25) is 5.88 Å². The lowest BCUT2D eigenvalue weighted by molar-refractivity contribution is -0.188. The summed E-state index contributed by atoms with van der Waals surface area (Å²) in [6, 6.07) is 1.27. The number of pyridine rings is 1. The molecule has 4 nitrogen and oxygen atoms in total. The summed E-state index contributed by atoms with van der Waals surface area (Å²) < 4.78 is 44.6. The smallest absolute Gasteiger partial charge is 0.408 e. The van der Waals surface area contributed by atoms with Crippen LogP contribution in [0.1, 0.15) is 11.6 Å². The predicted octanol–water partition coefficient (Wildman–Crippen LogP) is 1.60. The Bertz CT molecular complexity index is 402. The van der Waals surface area contributed by atoms with E-state index in [4.69, 9.17) is 4.74 Å². The summed E-state index contributed by atoms with van der Waals surface area (Å²) in [5, 5.41) is 3.05. The molecule has 7 heteroatoms. The minimum atomic E-state index is -4.31. The number of alkyl halides is 3. The lowest BCUT2D eigenvalue weighted by atomic mass is 10.1. The molecule has 0 spiro atoms. The van der Waals surface area contributed by atoms with Crippen molar-refractivity contribution in [2.45, 2.75) is 12.2 Å². The van der Waals surface area contributed by atoms with Gasteiger partial charge in [0, 0.05) is 38.4 Å². The lowest BCUT2D eigenvalue weighted by Gasteiger charge is -2.36. The first-order valence-corrected chi connectivity index (χ1v) is 6.04. The second-order valence-corrected chi connectivity index (χ2v) is 4.36. The number of methoxy groups -OCH3 is 1. The van der Waals surface area contributed by atoms with E-state index in [0.29, 0.717) is 32.1 Å². The van der Waals surface area contributed by atoms with Crippen molar-refractivity contribution < 1.29 is 17.9 Å². The Morgan fingerprint density at radius 2 is 2.00 bits per heavy atom. The van der Waals surface area contributed by atoms with Crippen molar-refractivity contribution >= 4 is 0 Å². The summed E-state index contributed by atoms with van der Waals surface area (Å²) in [4.78, 5) is 5.29. The van der Waals surface area contributed by atoms with Crippen molar-refractivity contribution in [2.24, 2.45) is 0 Å². The molecule has 1 fully saturated rings. The summed E-state index contributed by atoms with van der Waals surface area (Å²) in [7, 11) is 1.43. The van der Waals surface area contributed by atoms with Gasteiger partial charge in [-0.2, -0.15) is 13.2 Å². The fourth-order valence-electron chi connectivity index (χ4n) is 2.22. The first-order valence-electron chi connectivity index (χ1n) is 6.04. The Morgan fingerprint density at radius 3 is 2.47 bits per heavy atom. The minimum absolute atomic E-state index is 0.148. The van der Waals surface area contributed by atoms with Crippen LogP contribution in [0.2, 0.25) is 0 Å². The summed E-state index contributed by atoms with van der Waals surface area (Å²) in [6.45, 7) is 1.87. The zero-order chi connectivity index (χ0) is 13.9. The highest BCUT2D eigenvalue weighted by Gasteiger charge is 2.45. The normalized spacial score (nSPS) is 19.2. The SMILES string of the molecule is COc1ccc([C@@H](N2CCNCC2)C(F)(F)F)cn1. The lowest BCUT2D eigenvalue weighted by Crippen LogP contribution is -2.49. The minimum Gasteiger partial charge on any atom is -0.481 e. The van der Waals surface area contributed by atoms with Crippen LogP contribution in [0.4, 0.5) is 13.2 Å². The van der Waals surface area contributed by atoms with Crippen LogP contribution in [-0.2, 0) is 0 Å². The van der Waals surface area contributed by atoms with E-state index in [2.05, 4.69) is 10.3 Å². The quantitative estimate of drug-likeness (QED) is 0.909. The largest absolute Gasteiger partial charge is 0.481 e. The van der Waals surface area contributed by atoms with E-state index in [1.807, 2.05) is 0 Å². The van der Waals surface area contributed by atoms with Gasteiger partial charge in [0.1, 0.15) is 6.04 Å². The van der Waals surface area contributed by atoms with Gasteiger partial charge in [0.15, 0.2) is 0 Å². The van der Waals surface area contributed by atoms with Gasteiger partial charge in [-0.3, -0.25) is 4.90 Å². The van der Waals surface area contributed by atoms with E-state index in [-0.39, 0.29) is 5.56 Å². The van der Waals surface area contributed by atoms with Crippen molar-refractivity contribution in [1.29, 1.82) is 0 Å². The third-order valence-corrected chi connectivity index (χ3v) is 3.11. The second kappa shape index (κ2) is 5.75. The number of nitrogens with zero attached hydrogens (tertiary/aromatic N) is 2. The average Bonchev–Trinajstić information content (AvgIpc) is 2.39. The van der Waals surface area contributed by atoms with Gasteiger partial charge in [-0.1, -0.05) is 6.07 Å². The monoisotopic (exact) mass is 275 g/mol. The Balaban J connectivity index is 2.25. The van der Waals surface area contributed by atoms with Crippen LogP contribution in [0.25, 0.3) is 0 Å². The first-order chi connectivity index (χ1) is 9.02. The molecule has 0 bridgehead atoms. The molecular weight excluding hydrogens is 259 g/mol. The molecule has 1 aromatic heterocycles. The van der Waals surface area contributed by atoms with E-state index < -0.39 is 12.2 Å². The third kappa shape index (κ3) is 3.36. The molecule has 0 saturated carbocycles. The van der Waals surface area contributed by atoms with Crippen LogP contribution in [0.3, 0.4) is 0 Å². The molecule has 0 aliphatic carbocycles. The fraction of sp³-hybridized carbons (Fsp3) is 0.583. The van der Waals surface area contributed by atoms with Crippen LogP contribution in [0.5, 0.6) is 5.88 Å². The molecule has 1 aliphatic heterocycles. The maximum Gasteiger partial charge on any atom is 0.408 e. The van der Waals surface area contributed by atoms with Gasteiger partial charge < -0.3 is 10.1 Å². The van der Waals surface area contributed by atoms with Crippen molar-refractivity contribution in [3.63, 3.8) is 0 Å².